The lowest BCUT2D eigenvalue weighted by Crippen LogP contribution is -2.24. The Morgan fingerprint density at radius 2 is 1.78 bits per heavy atom. The van der Waals surface area contributed by atoms with Crippen molar-refractivity contribution in [2.45, 2.75) is 45.6 Å². The maximum Gasteiger partial charge on any atom is 0.161 e. The second-order valence-corrected chi connectivity index (χ2v) is 7.67. The van der Waals surface area contributed by atoms with E-state index in [2.05, 4.69) is 6.92 Å². The molecule has 2 rings (SSSR count). The first-order valence-electron chi connectivity index (χ1n) is 7.01. The number of aryl methyl sites for hydroxylation is 1. The number of hydrogen-bond acceptors (Lipinski definition) is 0. The minimum atomic E-state index is -0.654. The van der Waals surface area contributed by atoms with E-state index in [0.29, 0.717) is 10.8 Å². The molecule has 1 aromatic rings. The zero-order valence-electron chi connectivity index (χ0n) is 11.3. The van der Waals surface area contributed by atoms with Crippen molar-refractivity contribution < 1.29 is 8.78 Å². The maximum absolute atomic E-state index is 13.7. The van der Waals surface area contributed by atoms with Gasteiger partial charge < -0.3 is 0 Å². The maximum atomic E-state index is 13.7. The Balaban J connectivity index is 1.92. The van der Waals surface area contributed by atoms with Gasteiger partial charge in [0.25, 0.3) is 0 Å². The molecule has 0 nitrogen and oxygen atoms in total. The molecule has 0 aliphatic heterocycles. The summed E-state index contributed by atoms with van der Waals surface area (Å²) in [5, 5.41) is 0.678. The molecule has 1 saturated carbocycles. The molecule has 100 valence electrons. The average molecular weight is 268 g/mol. The molecular formula is C15H22F2Si. The van der Waals surface area contributed by atoms with Gasteiger partial charge in [-0.1, -0.05) is 50.8 Å². The second-order valence-electron chi connectivity index (χ2n) is 5.83. The predicted octanol–water partition coefficient (Wildman–Crippen LogP) is 3.31. The van der Waals surface area contributed by atoms with Gasteiger partial charge in [-0.2, -0.15) is 0 Å². The largest absolute Gasteiger partial charge is 0.204 e. The van der Waals surface area contributed by atoms with Gasteiger partial charge in [0.05, 0.1) is 9.52 Å². The molecule has 1 fully saturated rings. The normalized spacial score (nSPS) is 24.9. The van der Waals surface area contributed by atoms with Crippen LogP contribution in [0.5, 0.6) is 0 Å². The molecule has 0 amide bonds. The van der Waals surface area contributed by atoms with Gasteiger partial charge in [-0.05, 0) is 29.5 Å². The number of halogens is 2. The lowest BCUT2D eigenvalue weighted by molar-refractivity contribution is 0.307. The van der Waals surface area contributed by atoms with Crippen molar-refractivity contribution in [1.29, 1.82) is 0 Å². The molecule has 0 spiro atoms. The summed E-state index contributed by atoms with van der Waals surface area (Å²) >= 11 is 0. The van der Waals surface area contributed by atoms with Crippen LogP contribution in [0, 0.1) is 30.4 Å². The fourth-order valence-corrected chi connectivity index (χ4v) is 4.81. The first-order chi connectivity index (χ1) is 8.58. The molecular weight excluding hydrogens is 246 g/mol. The first-order valence-corrected chi connectivity index (χ1v) is 8.72. The van der Waals surface area contributed by atoms with Gasteiger partial charge in [0.2, 0.25) is 0 Å². The third kappa shape index (κ3) is 3.19. The average Bonchev–Trinajstić information content (AvgIpc) is 2.37. The van der Waals surface area contributed by atoms with E-state index in [1.165, 1.54) is 25.7 Å². The van der Waals surface area contributed by atoms with Gasteiger partial charge in [-0.3, -0.25) is 0 Å². The molecule has 1 aliphatic rings. The monoisotopic (exact) mass is 268 g/mol. The summed E-state index contributed by atoms with van der Waals surface area (Å²) in [6, 6.07) is 4.64. The molecule has 0 bridgehead atoms. The highest BCUT2D eigenvalue weighted by atomic mass is 28.2. The standard InChI is InChI=1S/C15H22F2Si/c1-10-3-6-12(7-4-10)9-18-13-8-5-11(2)14(16)15(13)17/h5,8,10,12H,3-4,6-7,9,18H2,1-2H3. The lowest BCUT2D eigenvalue weighted by Gasteiger charge is -2.26. The Morgan fingerprint density at radius 3 is 2.44 bits per heavy atom. The van der Waals surface area contributed by atoms with Crippen molar-refractivity contribution in [2.75, 3.05) is 0 Å². The molecule has 0 atom stereocenters. The molecule has 0 saturated heterocycles. The van der Waals surface area contributed by atoms with Crippen LogP contribution < -0.4 is 5.19 Å². The van der Waals surface area contributed by atoms with Crippen LogP contribution >= 0.6 is 0 Å². The second kappa shape index (κ2) is 5.96. The van der Waals surface area contributed by atoms with E-state index in [1.807, 2.05) is 0 Å². The zero-order valence-corrected chi connectivity index (χ0v) is 12.7. The summed E-state index contributed by atoms with van der Waals surface area (Å²) in [7, 11) is -0.654. The first kappa shape index (κ1) is 13.7. The smallest absolute Gasteiger partial charge is 0.161 e. The summed E-state index contributed by atoms with van der Waals surface area (Å²) in [5.41, 5.74) is 0.414. The molecule has 0 heterocycles. The van der Waals surface area contributed by atoms with Gasteiger partial charge in [0, 0.05) is 0 Å². The van der Waals surface area contributed by atoms with Crippen LogP contribution in [0.25, 0.3) is 0 Å². The van der Waals surface area contributed by atoms with E-state index in [0.717, 1.165) is 17.9 Å². The van der Waals surface area contributed by atoms with Crippen LogP contribution in [0.3, 0.4) is 0 Å². The Labute approximate surface area is 111 Å². The zero-order chi connectivity index (χ0) is 13.1. The summed E-state index contributed by atoms with van der Waals surface area (Å²) in [4.78, 5) is 0. The van der Waals surface area contributed by atoms with E-state index in [-0.39, 0.29) is 0 Å². The third-order valence-corrected chi connectivity index (χ3v) is 6.50. The van der Waals surface area contributed by atoms with Crippen LogP contribution in [-0.4, -0.2) is 9.52 Å². The third-order valence-electron chi connectivity index (χ3n) is 4.31. The van der Waals surface area contributed by atoms with E-state index in [9.17, 15) is 8.78 Å². The van der Waals surface area contributed by atoms with E-state index in [1.54, 1.807) is 19.1 Å². The van der Waals surface area contributed by atoms with Crippen LogP contribution in [0.1, 0.15) is 38.2 Å². The number of benzene rings is 1. The van der Waals surface area contributed by atoms with Gasteiger partial charge in [-0.25, -0.2) is 8.78 Å². The molecule has 0 aromatic heterocycles. The Hall–Kier alpha value is -0.703. The Morgan fingerprint density at radius 1 is 1.11 bits per heavy atom. The molecule has 18 heavy (non-hydrogen) atoms. The van der Waals surface area contributed by atoms with Crippen molar-refractivity contribution >= 4 is 14.7 Å². The fraction of sp³-hybridized carbons (Fsp3) is 0.600. The molecule has 0 radical (unpaired) electrons. The summed E-state index contributed by atoms with van der Waals surface area (Å²) < 4.78 is 27.2. The summed E-state index contributed by atoms with van der Waals surface area (Å²) in [6.45, 7) is 3.93. The molecule has 3 heteroatoms. The highest BCUT2D eigenvalue weighted by Crippen LogP contribution is 2.30. The van der Waals surface area contributed by atoms with Gasteiger partial charge in [0.15, 0.2) is 11.6 Å². The number of rotatable bonds is 3. The lowest BCUT2D eigenvalue weighted by atomic mass is 9.84. The minimum Gasteiger partial charge on any atom is -0.204 e. The minimum absolute atomic E-state index is 0.414. The van der Waals surface area contributed by atoms with Crippen molar-refractivity contribution in [3.63, 3.8) is 0 Å². The highest BCUT2D eigenvalue weighted by molar-refractivity contribution is 6.53. The SMILES string of the molecule is Cc1ccc([SiH2]CC2CCC(C)CC2)c(F)c1F. The predicted molar refractivity (Wildman–Crippen MR) is 75.2 cm³/mol. The van der Waals surface area contributed by atoms with Gasteiger partial charge in [-0.15, -0.1) is 0 Å². The molecule has 1 aliphatic carbocycles. The van der Waals surface area contributed by atoms with E-state index >= 15 is 0 Å². The van der Waals surface area contributed by atoms with Crippen LogP contribution in [0.15, 0.2) is 12.1 Å². The summed E-state index contributed by atoms with van der Waals surface area (Å²) in [6.07, 6.45) is 5.18. The van der Waals surface area contributed by atoms with Crippen molar-refractivity contribution in [1.82, 2.24) is 0 Å². The fourth-order valence-electron chi connectivity index (χ4n) is 2.86. The van der Waals surface area contributed by atoms with E-state index in [4.69, 9.17) is 0 Å². The van der Waals surface area contributed by atoms with E-state index < -0.39 is 21.2 Å². The van der Waals surface area contributed by atoms with Gasteiger partial charge in [0.1, 0.15) is 0 Å². The molecule has 0 N–H and O–H groups in total. The number of hydrogen-bond donors (Lipinski definition) is 0. The molecule has 1 aromatic carbocycles. The summed E-state index contributed by atoms with van der Waals surface area (Å²) in [5.74, 6) is 0.399. The van der Waals surface area contributed by atoms with Gasteiger partial charge >= 0.3 is 0 Å². The van der Waals surface area contributed by atoms with Crippen LogP contribution in [0.4, 0.5) is 8.78 Å². The van der Waals surface area contributed by atoms with Crippen LogP contribution in [0.2, 0.25) is 6.04 Å². The quantitative estimate of drug-likeness (QED) is 0.738. The van der Waals surface area contributed by atoms with Crippen molar-refractivity contribution in [3.05, 3.63) is 29.3 Å². The highest BCUT2D eigenvalue weighted by Gasteiger charge is 2.19. The van der Waals surface area contributed by atoms with Crippen molar-refractivity contribution in [3.8, 4) is 0 Å². The Kier molecular flexibility index (Phi) is 4.54. The molecule has 0 unspecified atom stereocenters. The van der Waals surface area contributed by atoms with Crippen LogP contribution in [-0.2, 0) is 0 Å². The topological polar surface area (TPSA) is 0 Å². The Bertz CT molecular complexity index is 409. The van der Waals surface area contributed by atoms with Crippen molar-refractivity contribution in [2.24, 2.45) is 11.8 Å².